The highest BCUT2D eigenvalue weighted by molar-refractivity contribution is 6.01. The molecule has 1 heterocycles. The summed E-state index contributed by atoms with van der Waals surface area (Å²) in [5.74, 6) is 0.352. The van der Waals surface area contributed by atoms with Crippen LogP contribution in [0.1, 0.15) is 17.3 Å². The summed E-state index contributed by atoms with van der Waals surface area (Å²) in [7, 11) is 1.53. The molecule has 1 aliphatic heterocycles. The first-order valence-electron chi connectivity index (χ1n) is 4.70. The molecule has 15 heavy (non-hydrogen) atoms. The molecule has 0 saturated carbocycles. The van der Waals surface area contributed by atoms with Crippen LogP contribution >= 0.6 is 0 Å². The minimum absolute atomic E-state index is 0.105. The molecule has 0 aliphatic carbocycles. The topological polar surface area (TPSA) is 55.8 Å². The van der Waals surface area contributed by atoms with E-state index in [4.69, 9.17) is 9.47 Å². The summed E-state index contributed by atoms with van der Waals surface area (Å²) in [5, 5.41) is 9.47. The number of ether oxygens (including phenoxy) is 2. The van der Waals surface area contributed by atoms with E-state index in [1.165, 1.54) is 7.11 Å². The lowest BCUT2D eigenvalue weighted by Crippen LogP contribution is -2.35. The summed E-state index contributed by atoms with van der Waals surface area (Å²) in [5.41, 5.74) is 0.494. The van der Waals surface area contributed by atoms with E-state index in [0.29, 0.717) is 17.1 Å². The smallest absolute Gasteiger partial charge is 0.207 e. The van der Waals surface area contributed by atoms with E-state index >= 15 is 0 Å². The van der Waals surface area contributed by atoms with E-state index in [2.05, 4.69) is 0 Å². The average Bonchev–Trinajstić information content (AvgIpc) is 2.25. The predicted molar refractivity (Wildman–Crippen MR) is 53.1 cm³/mol. The fourth-order valence-electron chi connectivity index (χ4n) is 1.54. The van der Waals surface area contributed by atoms with Gasteiger partial charge in [-0.3, -0.25) is 4.79 Å². The van der Waals surface area contributed by atoms with Crippen molar-refractivity contribution in [2.24, 2.45) is 5.92 Å². The standard InChI is InChI=1S/C11H12O4/c1-6-10(12)8-4-3-7(14-2)5-9(8)15-11(6)13/h3-6,11,13H,1-2H3/t6-,11+/m0/s1. The van der Waals surface area contributed by atoms with E-state index in [1.807, 2.05) is 0 Å². The largest absolute Gasteiger partial charge is 0.497 e. The van der Waals surface area contributed by atoms with Gasteiger partial charge in [0.25, 0.3) is 0 Å². The fourth-order valence-corrected chi connectivity index (χ4v) is 1.54. The summed E-state index contributed by atoms with van der Waals surface area (Å²) in [6.45, 7) is 1.64. The van der Waals surface area contributed by atoms with E-state index in [0.717, 1.165) is 0 Å². The number of carbonyl (C=O) groups is 1. The van der Waals surface area contributed by atoms with Crippen molar-refractivity contribution in [2.75, 3.05) is 7.11 Å². The highest BCUT2D eigenvalue weighted by Gasteiger charge is 2.32. The number of rotatable bonds is 1. The van der Waals surface area contributed by atoms with Crippen LogP contribution in [0, 0.1) is 5.92 Å². The number of fused-ring (bicyclic) bond motifs is 1. The van der Waals surface area contributed by atoms with Gasteiger partial charge < -0.3 is 14.6 Å². The Balaban J connectivity index is 2.46. The van der Waals surface area contributed by atoms with Gasteiger partial charge in [-0.1, -0.05) is 0 Å². The Morgan fingerprint density at radius 1 is 1.47 bits per heavy atom. The van der Waals surface area contributed by atoms with Gasteiger partial charge in [0, 0.05) is 6.07 Å². The summed E-state index contributed by atoms with van der Waals surface area (Å²) >= 11 is 0. The predicted octanol–water partition coefficient (Wildman–Crippen LogP) is 1.22. The van der Waals surface area contributed by atoms with Gasteiger partial charge in [-0.25, -0.2) is 0 Å². The maximum atomic E-state index is 11.7. The SMILES string of the molecule is COc1ccc2c(c1)O[C@@H](O)[C@@H](C)C2=O. The molecule has 80 valence electrons. The average molecular weight is 208 g/mol. The van der Waals surface area contributed by atoms with Crippen molar-refractivity contribution in [1.29, 1.82) is 0 Å². The molecule has 1 aliphatic rings. The van der Waals surface area contributed by atoms with Gasteiger partial charge in [-0.05, 0) is 19.1 Å². The van der Waals surface area contributed by atoms with Gasteiger partial charge in [0.2, 0.25) is 6.29 Å². The van der Waals surface area contributed by atoms with Crippen LogP contribution in [0.4, 0.5) is 0 Å². The third kappa shape index (κ3) is 1.57. The quantitative estimate of drug-likeness (QED) is 0.754. The summed E-state index contributed by atoms with van der Waals surface area (Å²) in [4.78, 5) is 11.7. The van der Waals surface area contributed by atoms with Crippen LogP contribution in [0.25, 0.3) is 0 Å². The zero-order valence-electron chi connectivity index (χ0n) is 8.56. The fraction of sp³-hybridized carbons (Fsp3) is 0.364. The maximum absolute atomic E-state index is 11.7. The van der Waals surface area contributed by atoms with Gasteiger partial charge in [0.15, 0.2) is 5.78 Å². The van der Waals surface area contributed by atoms with Crippen molar-refractivity contribution < 1.29 is 19.4 Å². The number of hydrogen-bond acceptors (Lipinski definition) is 4. The lowest BCUT2D eigenvalue weighted by molar-refractivity contribution is -0.0545. The number of methoxy groups -OCH3 is 1. The van der Waals surface area contributed by atoms with Crippen LogP contribution in [0.5, 0.6) is 11.5 Å². The lowest BCUT2D eigenvalue weighted by Gasteiger charge is -2.26. The van der Waals surface area contributed by atoms with Gasteiger partial charge in [-0.2, -0.15) is 0 Å². The maximum Gasteiger partial charge on any atom is 0.207 e. The second kappa shape index (κ2) is 3.55. The molecule has 0 unspecified atom stereocenters. The monoisotopic (exact) mass is 208 g/mol. The Kier molecular flexibility index (Phi) is 2.36. The molecule has 2 rings (SSSR count). The van der Waals surface area contributed by atoms with Crippen molar-refractivity contribution in [3.05, 3.63) is 23.8 Å². The molecule has 1 aromatic rings. The molecule has 0 radical (unpaired) electrons. The third-order valence-corrected chi connectivity index (χ3v) is 2.54. The van der Waals surface area contributed by atoms with Gasteiger partial charge in [-0.15, -0.1) is 0 Å². The molecular formula is C11H12O4. The van der Waals surface area contributed by atoms with Crippen molar-refractivity contribution >= 4 is 5.78 Å². The van der Waals surface area contributed by atoms with Gasteiger partial charge in [0.05, 0.1) is 18.6 Å². The molecule has 0 saturated heterocycles. The molecule has 0 aromatic heterocycles. The molecule has 4 nitrogen and oxygen atoms in total. The van der Waals surface area contributed by atoms with Crippen molar-refractivity contribution in [1.82, 2.24) is 0 Å². The van der Waals surface area contributed by atoms with Gasteiger partial charge in [0.1, 0.15) is 11.5 Å². The minimum atomic E-state index is -1.07. The van der Waals surface area contributed by atoms with Crippen molar-refractivity contribution in [2.45, 2.75) is 13.2 Å². The number of aliphatic hydroxyl groups is 1. The first-order valence-corrected chi connectivity index (χ1v) is 4.70. The van der Waals surface area contributed by atoms with Crippen LogP contribution in [0.3, 0.4) is 0 Å². The van der Waals surface area contributed by atoms with E-state index in [1.54, 1.807) is 25.1 Å². The Hall–Kier alpha value is -1.55. The Morgan fingerprint density at radius 2 is 2.20 bits per heavy atom. The molecule has 1 N–H and O–H groups in total. The summed E-state index contributed by atoms with van der Waals surface area (Å²) in [6.07, 6.45) is -1.07. The van der Waals surface area contributed by atoms with Crippen LogP contribution in [-0.4, -0.2) is 24.3 Å². The highest BCUT2D eigenvalue weighted by atomic mass is 16.6. The number of benzene rings is 1. The van der Waals surface area contributed by atoms with Crippen molar-refractivity contribution in [3.8, 4) is 11.5 Å². The molecule has 0 bridgehead atoms. The molecule has 0 fully saturated rings. The van der Waals surface area contributed by atoms with Crippen molar-refractivity contribution in [3.63, 3.8) is 0 Å². The van der Waals surface area contributed by atoms with E-state index in [-0.39, 0.29) is 5.78 Å². The molecular weight excluding hydrogens is 196 g/mol. The summed E-state index contributed by atoms with van der Waals surface area (Å²) < 4.78 is 10.2. The molecule has 2 atom stereocenters. The highest BCUT2D eigenvalue weighted by Crippen LogP contribution is 2.32. The molecule has 0 amide bonds. The second-order valence-corrected chi connectivity index (χ2v) is 3.52. The third-order valence-electron chi connectivity index (χ3n) is 2.54. The second-order valence-electron chi connectivity index (χ2n) is 3.52. The van der Waals surface area contributed by atoms with Crippen LogP contribution in [0.15, 0.2) is 18.2 Å². The normalized spacial score (nSPS) is 24.3. The first-order chi connectivity index (χ1) is 7.13. The van der Waals surface area contributed by atoms with Crippen LogP contribution in [-0.2, 0) is 0 Å². The lowest BCUT2D eigenvalue weighted by atomic mass is 9.95. The van der Waals surface area contributed by atoms with E-state index in [9.17, 15) is 9.90 Å². The van der Waals surface area contributed by atoms with Crippen LogP contribution in [0.2, 0.25) is 0 Å². The van der Waals surface area contributed by atoms with E-state index < -0.39 is 12.2 Å². The number of aliphatic hydroxyl groups excluding tert-OH is 1. The number of ketones is 1. The Labute approximate surface area is 87.4 Å². The Bertz CT molecular complexity index is 400. The van der Waals surface area contributed by atoms with Crippen LogP contribution < -0.4 is 9.47 Å². The molecule has 1 aromatic carbocycles. The number of carbonyl (C=O) groups excluding carboxylic acids is 1. The zero-order valence-corrected chi connectivity index (χ0v) is 8.56. The minimum Gasteiger partial charge on any atom is -0.497 e. The molecule has 0 spiro atoms. The Morgan fingerprint density at radius 3 is 2.87 bits per heavy atom. The van der Waals surface area contributed by atoms with Gasteiger partial charge >= 0.3 is 0 Å². The number of Topliss-reactive ketones (excluding diaryl/α,β-unsaturated/α-hetero) is 1. The summed E-state index contributed by atoms with van der Waals surface area (Å²) in [6, 6.07) is 4.95. The zero-order chi connectivity index (χ0) is 11.0. The molecule has 4 heteroatoms. The first kappa shape index (κ1) is 9.98. The number of hydrogen-bond donors (Lipinski definition) is 1.